The Morgan fingerprint density at radius 2 is 1.83 bits per heavy atom. The highest BCUT2D eigenvalue weighted by atomic mass is 32.2. The molecule has 3 aromatic carbocycles. The summed E-state index contributed by atoms with van der Waals surface area (Å²) in [5, 5.41) is 11.6. The number of carbonyl (C=O) groups is 1. The lowest BCUT2D eigenvalue weighted by Crippen LogP contribution is -2.23. The van der Waals surface area contributed by atoms with E-state index in [2.05, 4.69) is 83.2 Å². The molecule has 4 rings (SSSR count). The Bertz CT molecular complexity index is 1230. The monoisotopic (exact) mass is 416 g/mol. The number of benzene rings is 3. The van der Waals surface area contributed by atoms with Gasteiger partial charge in [0.25, 0.3) is 0 Å². The van der Waals surface area contributed by atoms with Gasteiger partial charge in [0.2, 0.25) is 5.91 Å². The number of primary amides is 1. The fourth-order valence-electron chi connectivity index (χ4n) is 3.62. The van der Waals surface area contributed by atoms with Crippen molar-refractivity contribution in [2.24, 2.45) is 5.73 Å². The van der Waals surface area contributed by atoms with Crippen molar-refractivity contribution in [3.8, 4) is 5.69 Å². The Morgan fingerprint density at radius 3 is 2.60 bits per heavy atom. The van der Waals surface area contributed by atoms with Gasteiger partial charge in [-0.15, -0.1) is 10.2 Å². The van der Waals surface area contributed by atoms with Crippen molar-refractivity contribution in [1.82, 2.24) is 14.8 Å². The molecule has 5 nitrogen and oxygen atoms in total. The summed E-state index contributed by atoms with van der Waals surface area (Å²) in [5.41, 5.74) is 10.0. The SMILES string of the molecule is Cc1ccc(-n2c(Cc3cccc4ccccc34)nnc2SC(C)C(N)=O)c(C)c1. The summed E-state index contributed by atoms with van der Waals surface area (Å²) < 4.78 is 2.06. The topological polar surface area (TPSA) is 73.8 Å². The molecule has 1 amide bonds. The first-order valence-corrected chi connectivity index (χ1v) is 10.8. The quantitative estimate of drug-likeness (QED) is 0.467. The van der Waals surface area contributed by atoms with Crippen LogP contribution in [0, 0.1) is 13.8 Å². The summed E-state index contributed by atoms with van der Waals surface area (Å²) in [6.07, 6.45) is 0.632. The van der Waals surface area contributed by atoms with Crippen LogP contribution < -0.4 is 5.73 Å². The van der Waals surface area contributed by atoms with Crippen molar-refractivity contribution < 1.29 is 4.79 Å². The summed E-state index contributed by atoms with van der Waals surface area (Å²) in [7, 11) is 0. The molecule has 1 unspecified atom stereocenters. The minimum atomic E-state index is -0.399. The third-order valence-electron chi connectivity index (χ3n) is 5.20. The van der Waals surface area contributed by atoms with Crippen LogP contribution in [0.25, 0.3) is 16.5 Å². The largest absolute Gasteiger partial charge is 0.369 e. The van der Waals surface area contributed by atoms with Crippen molar-refractivity contribution >= 4 is 28.4 Å². The van der Waals surface area contributed by atoms with Crippen LogP contribution in [0.1, 0.15) is 29.4 Å². The van der Waals surface area contributed by atoms with Gasteiger partial charge < -0.3 is 5.73 Å². The molecule has 0 fully saturated rings. The number of carbonyl (C=O) groups excluding carboxylic acids is 1. The van der Waals surface area contributed by atoms with E-state index in [4.69, 9.17) is 5.73 Å². The number of thioether (sulfide) groups is 1. The number of hydrogen-bond donors (Lipinski definition) is 1. The van der Waals surface area contributed by atoms with Crippen LogP contribution in [0.3, 0.4) is 0 Å². The van der Waals surface area contributed by atoms with Crippen molar-refractivity contribution in [2.75, 3.05) is 0 Å². The Hall–Kier alpha value is -3.12. The Labute approximate surface area is 180 Å². The van der Waals surface area contributed by atoms with E-state index >= 15 is 0 Å². The summed E-state index contributed by atoms with van der Waals surface area (Å²) in [6.45, 7) is 5.94. The number of fused-ring (bicyclic) bond motifs is 1. The van der Waals surface area contributed by atoms with Crippen molar-refractivity contribution in [2.45, 2.75) is 37.6 Å². The Balaban J connectivity index is 1.83. The van der Waals surface area contributed by atoms with Gasteiger partial charge in [-0.3, -0.25) is 9.36 Å². The lowest BCUT2D eigenvalue weighted by atomic mass is 10.0. The van der Waals surface area contributed by atoms with E-state index in [-0.39, 0.29) is 5.91 Å². The van der Waals surface area contributed by atoms with Crippen LogP contribution in [0.2, 0.25) is 0 Å². The van der Waals surface area contributed by atoms with E-state index in [1.807, 2.05) is 6.07 Å². The average Bonchev–Trinajstić information content (AvgIpc) is 3.10. The maximum atomic E-state index is 11.7. The first kappa shape index (κ1) is 20.2. The fraction of sp³-hybridized carbons (Fsp3) is 0.208. The van der Waals surface area contributed by atoms with E-state index in [0.29, 0.717) is 11.6 Å². The first-order valence-electron chi connectivity index (χ1n) is 9.88. The average molecular weight is 417 g/mol. The molecule has 0 saturated heterocycles. The molecule has 4 aromatic rings. The van der Waals surface area contributed by atoms with Gasteiger partial charge in [0.1, 0.15) is 5.82 Å². The smallest absolute Gasteiger partial charge is 0.230 e. The number of rotatable bonds is 6. The molecule has 0 aliphatic rings. The van der Waals surface area contributed by atoms with Gasteiger partial charge in [-0.05, 0) is 48.7 Å². The number of aryl methyl sites for hydroxylation is 2. The maximum absolute atomic E-state index is 11.7. The van der Waals surface area contributed by atoms with Crippen LogP contribution in [0.4, 0.5) is 0 Å². The van der Waals surface area contributed by atoms with Gasteiger partial charge >= 0.3 is 0 Å². The van der Waals surface area contributed by atoms with E-state index < -0.39 is 5.25 Å². The summed E-state index contributed by atoms with van der Waals surface area (Å²) >= 11 is 1.34. The Morgan fingerprint density at radius 1 is 1.07 bits per heavy atom. The molecular formula is C24H24N4OS. The molecule has 1 aromatic heterocycles. The van der Waals surface area contributed by atoms with Crippen LogP contribution in [0.5, 0.6) is 0 Å². The van der Waals surface area contributed by atoms with Crippen LogP contribution in [-0.4, -0.2) is 25.9 Å². The first-order chi connectivity index (χ1) is 14.4. The zero-order valence-corrected chi connectivity index (χ0v) is 18.1. The Kier molecular flexibility index (Phi) is 5.59. The van der Waals surface area contributed by atoms with Gasteiger partial charge in [-0.1, -0.05) is 71.9 Å². The highest BCUT2D eigenvalue weighted by Crippen LogP contribution is 2.29. The highest BCUT2D eigenvalue weighted by molar-refractivity contribution is 8.00. The van der Waals surface area contributed by atoms with Crippen LogP contribution in [-0.2, 0) is 11.2 Å². The molecular weight excluding hydrogens is 392 g/mol. The molecule has 0 radical (unpaired) electrons. The zero-order chi connectivity index (χ0) is 21.3. The normalized spacial score (nSPS) is 12.2. The molecule has 152 valence electrons. The van der Waals surface area contributed by atoms with Gasteiger partial charge in [-0.2, -0.15) is 0 Å². The van der Waals surface area contributed by atoms with E-state index in [1.165, 1.54) is 33.7 Å². The van der Waals surface area contributed by atoms with E-state index in [0.717, 1.165) is 17.1 Å². The fourth-order valence-corrected chi connectivity index (χ4v) is 4.45. The molecule has 0 bridgehead atoms. The predicted molar refractivity (Wildman–Crippen MR) is 122 cm³/mol. The van der Waals surface area contributed by atoms with Crippen LogP contribution >= 0.6 is 11.8 Å². The number of hydrogen-bond acceptors (Lipinski definition) is 4. The molecule has 0 saturated carbocycles. The minimum absolute atomic E-state index is 0.370. The molecule has 1 atom stereocenters. The lowest BCUT2D eigenvalue weighted by Gasteiger charge is -2.15. The molecule has 0 aliphatic carbocycles. The molecule has 2 N–H and O–H groups in total. The summed E-state index contributed by atoms with van der Waals surface area (Å²) in [5.74, 6) is 0.461. The maximum Gasteiger partial charge on any atom is 0.230 e. The van der Waals surface area contributed by atoms with Crippen molar-refractivity contribution in [1.29, 1.82) is 0 Å². The standard InChI is InChI=1S/C24H24N4OS/c1-15-11-12-21(16(2)13-15)28-22(26-27-24(28)30-17(3)23(25)29)14-19-9-6-8-18-7-4-5-10-20(18)19/h4-13,17H,14H2,1-3H3,(H2,25,29). The van der Waals surface area contributed by atoms with Gasteiger partial charge in [-0.25, -0.2) is 0 Å². The summed E-state index contributed by atoms with van der Waals surface area (Å²) in [4.78, 5) is 11.7. The second-order valence-electron chi connectivity index (χ2n) is 7.50. The lowest BCUT2D eigenvalue weighted by molar-refractivity contribution is -0.117. The number of aromatic nitrogens is 3. The third-order valence-corrected chi connectivity index (χ3v) is 6.27. The number of amides is 1. The highest BCUT2D eigenvalue weighted by Gasteiger charge is 2.21. The van der Waals surface area contributed by atoms with E-state index in [9.17, 15) is 4.79 Å². The minimum Gasteiger partial charge on any atom is -0.369 e. The van der Waals surface area contributed by atoms with Crippen LogP contribution in [0.15, 0.2) is 65.8 Å². The van der Waals surface area contributed by atoms with Gasteiger partial charge in [0.05, 0.1) is 10.9 Å². The van der Waals surface area contributed by atoms with E-state index in [1.54, 1.807) is 6.92 Å². The second-order valence-corrected chi connectivity index (χ2v) is 8.81. The summed E-state index contributed by atoms with van der Waals surface area (Å²) in [6, 6.07) is 21.0. The molecule has 30 heavy (non-hydrogen) atoms. The van der Waals surface area contributed by atoms with Crippen molar-refractivity contribution in [3.05, 3.63) is 83.2 Å². The third kappa shape index (κ3) is 3.96. The number of nitrogens with zero attached hydrogens (tertiary/aromatic N) is 3. The molecule has 0 aliphatic heterocycles. The molecule has 0 spiro atoms. The molecule has 1 heterocycles. The number of nitrogens with two attached hydrogens (primary N) is 1. The molecule has 6 heteroatoms. The predicted octanol–water partition coefficient (Wildman–Crippen LogP) is 4.59. The second kappa shape index (κ2) is 8.32. The van der Waals surface area contributed by atoms with Crippen molar-refractivity contribution in [3.63, 3.8) is 0 Å². The van der Waals surface area contributed by atoms with Gasteiger partial charge in [0.15, 0.2) is 5.16 Å². The van der Waals surface area contributed by atoms with Gasteiger partial charge in [0, 0.05) is 6.42 Å². The zero-order valence-electron chi connectivity index (χ0n) is 17.3.